The van der Waals surface area contributed by atoms with E-state index in [-0.39, 0.29) is 0 Å². The minimum absolute atomic E-state index is 0.656. The van der Waals surface area contributed by atoms with Gasteiger partial charge in [-0.2, -0.15) is 5.10 Å². The number of hydrogen-bond donors (Lipinski definition) is 0. The average molecular weight is 341 g/mol. The van der Waals surface area contributed by atoms with Gasteiger partial charge >= 0.3 is 0 Å². The van der Waals surface area contributed by atoms with Crippen molar-refractivity contribution in [2.45, 2.75) is 6.92 Å². The quantitative estimate of drug-likeness (QED) is 0.526. The van der Waals surface area contributed by atoms with Crippen LogP contribution in [0.4, 0.5) is 0 Å². The minimum Gasteiger partial charge on any atom is -0.496 e. The summed E-state index contributed by atoms with van der Waals surface area (Å²) in [5, 5.41) is 8.56. The molecule has 5 nitrogen and oxygen atoms in total. The number of para-hydroxylation sites is 1. The Bertz CT molecular complexity index is 941. The van der Waals surface area contributed by atoms with E-state index in [0.717, 1.165) is 32.1 Å². The smallest absolute Gasteiger partial charge is 0.211 e. The SMILES string of the molecule is CCOc1ccc2c(c1)s/c(=N/N=C/c1ccccc1OC)n2C. The Hall–Kier alpha value is -2.60. The van der Waals surface area contributed by atoms with Gasteiger partial charge in [-0.25, -0.2) is 0 Å². The lowest BCUT2D eigenvalue weighted by Crippen LogP contribution is -2.08. The van der Waals surface area contributed by atoms with E-state index >= 15 is 0 Å². The normalized spacial score (nSPS) is 12.2. The molecule has 6 heteroatoms. The maximum atomic E-state index is 5.55. The molecule has 0 aliphatic carbocycles. The van der Waals surface area contributed by atoms with Crippen LogP contribution in [0.5, 0.6) is 11.5 Å². The first-order valence-corrected chi connectivity index (χ1v) is 8.47. The van der Waals surface area contributed by atoms with Crippen LogP contribution in [0.1, 0.15) is 12.5 Å². The van der Waals surface area contributed by atoms with E-state index in [4.69, 9.17) is 9.47 Å². The Kier molecular flexibility index (Phi) is 4.96. The molecule has 1 heterocycles. The molecule has 0 atom stereocenters. The molecule has 2 aromatic carbocycles. The van der Waals surface area contributed by atoms with Crippen molar-refractivity contribution >= 4 is 27.8 Å². The van der Waals surface area contributed by atoms with E-state index in [1.807, 2.05) is 61.0 Å². The number of aromatic nitrogens is 1. The number of ether oxygens (including phenoxy) is 2. The van der Waals surface area contributed by atoms with Gasteiger partial charge in [0.2, 0.25) is 4.80 Å². The topological polar surface area (TPSA) is 48.1 Å². The van der Waals surface area contributed by atoms with Gasteiger partial charge in [-0.15, -0.1) is 5.10 Å². The van der Waals surface area contributed by atoms with Gasteiger partial charge in [0.25, 0.3) is 0 Å². The largest absolute Gasteiger partial charge is 0.496 e. The van der Waals surface area contributed by atoms with Crippen LogP contribution in [-0.4, -0.2) is 24.5 Å². The summed E-state index contributed by atoms with van der Waals surface area (Å²) in [6, 6.07) is 13.8. The number of methoxy groups -OCH3 is 1. The van der Waals surface area contributed by atoms with E-state index in [1.165, 1.54) is 0 Å². The molecule has 0 radical (unpaired) electrons. The van der Waals surface area contributed by atoms with Crippen molar-refractivity contribution in [1.82, 2.24) is 4.57 Å². The molecule has 0 spiro atoms. The predicted molar refractivity (Wildman–Crippen MR) is 98.1 cm³/mol. The van der Waals surface area contributed by atoms with E-state index in [1.54, 1.807) is 24.7 Å². The van der Waals surface area contributed by atoms with E-state index in [0.29, 0.717) is 6.61 Å². The Morgan fingerprint density at radius 1 is 1.21 bits per heavy atom. The van der Waals surface area contributed by atoms with E-state index in [9.17, 15) is 0 Å². The zero-order chi connectivity index (χ0) is 16.9. The van der Waals surface area contributed by atoms with Gasteiger partial charge in [-0.1, -0.05) is 23.5 Å². The van der Waals surface area contributed by atoms with Crippen LogP contribution in [0.3, 0.4) is 0 Å². The first kappa shape index (κ1) is 16.3. The second-order valence-electron chi connectivity index (χ2n) is 5.09. The molecule has 1 aromatic heterocycles. The molecule has 0 fully saturated rings. The summed E-state index contributed by atoms with van der Waals surface area (Å²) in [4.78, 5) is 0.824. The summed E-state index contributed by atoms with van der Waals surface area (Å²) in [5.41, 5.74) is 2.00. The van der Waals surface area contributed by atoms with Crippen molar-refractivity contribution in [1.29, 1.82) is 0 Å². The zero-order valence-corrected chi connectivity index (χ0v) is 14.7. The molecule has 0 bridgehead atoms. The van der Waals surface area contributed by atoms with Crippen LogP contribution in [-0.2, 0) is 7.05 Å². The van der Waals surface area contributed by atoms with Gasteiger partial charge < -0.3 is 14.0 Å². The Morgan fingerprint density at radius 3 is 2.83 bits per heavy atom. The Balaban J connectivity index is 1.95. The molecule has 3 aromatic rings. The second kappa shape index (κ2) is 7.31. The number of rotatable bonds is 5. The van der Waals surface area contributed by atoms with Crippen molar-refractivity contribution in [2.24, 2.45) is 17.3 Å². The third kappa shape index (κ3) is 3.33. The highest BCUT2D eigenvalue weighted by atomic mass is 32.1. The summed E-state index contributed by atoms with van der Waals surface area (Å²) in [5.74, 6) is 1.65. The molecule has 0 aliphatic rings. The van der Waals surface area contributed by atoms with Gasteiger partial charge in [0.15, 0.2) is 0 Å². The number of fused-ring (bicyclic) bond motifs is 1. The maximum Gasteiger partial charge on any atom is 0.211 e. The van der Waals surface area contributed by atoms with Crippen molar-refractivity contribution in [3.63, 3.8) is 0 Å². The first-order chi connectivity index (χ1) is 11.7. The van der Waals surface area contributed by atoms with Crippen LogP contribution < -0.4 is 14.3 Å². The number of thiazole rings is 1. The molecule has 0 aliphatic heterocycles. The summed E-state index contributed by atoms with van der Waals surface area (Å²) >= 11 is 1.58. The third-order valence-corrected chi connectivity index (χ3v) is 4.66. The van der Waals surface area contributed by atoms with Crippen LogP contribution >= 0.6 is 11.3 Å². The van der Waals surface area contributed by atoms with Crippen LogP contribution in [0.15, 0.2) is 52.7 Å². The molecular formula is C18H19N3O2S. The zero-order valence-electron chi connectivity index (χ0n) is 13.9. The van der Waals surface area contributed by atoms with Gasteiger partial charge in [0, 0.05) is 12.6 Å². The second-order valence-corrected chi connectivity index (χ2v) is 6.10. The number of nitrogens with zero attached hydrogens (tertiary/aromatic N) is 3. The number of hydrogen-bond acceptors (Lipinski definition) is 5. The average Bonchev–Trinajstić information content (AvgIpc) is 2.91. The Morgan fingerprint density at radius 2 is 2.04 bits per heavy atom. The molecule has 0 saturated carbocycles. The van der Waals surface area contributed by atoms with Crippen molar-refractivity contribution in [2.75, 3.05) is 13.7 Å². The standard InChI is InChI=1S/C18H19N3O2S/c1-4-23-14-9-10-15-17(11-14)24-18(21(15)2)20-19-12-13-7-5-6-8-16(13)22-3/h5-12H,4H2,1-3H3/b19-12+,20-18+. The van der Waals surface area contributed by atoms with Gasteiger partial charge in [0.1, 0.15) is 11.5 Å². The third-order valence-electron chi connectivity index (χ3n) is 3.57. The van der Waals surface area contributed by atoms with Gasteiger partial charge in [0.05, 0.1) is 30.1 Å². The van der Waals surface area contributed by atoms with Crippen molar-refractivity contribution < 1.29 is 9.47 Å². The fourth-order valence-electron chi connectivity index (χ4n) is 2.38. The summed E-state index contributed by atoms with van der Waals surface area (Å²) in [7, 11) is 3.63. The van der Waals surface area contributed by atoms with Crippen molar-refractivity contribution in [3.05, 3.63) is 52.8 Å². The molecule has 0 amide bonds. The monoisotopic (exact) mass is 341 g/mol. The number of aryl methyl sites for hydroxylation is 1. The lowest BCUT2D eigenvalue weighted by molar-refractivity contribution is 0.341. The molecule has 0 unspecified atom stereocenters. The van der Waals surface area contributed by atoms with Crippen molar-refractivity contribution in [3.8, 4) is 11.5 Å². The maximum absolute atomic E-state index is 5.55. The molecule has 0 saturated heterocycles. The predicted octanol–water partition coefficient (Wildman–Crippen LogP) is 3.58. The molecule has 24 heavy (non-hydrogen) atoms. The lowest BCUT2D eigenvalue weighted by Gasteiger charge is -2.02. The summed E-state index contributed by atoms with van der Waals surface area (Å²) in [6.07, 6.45) is 1.70. The summed E-state index contributed by atoms with van der Waals surface area (Å²) in [6.45, 7) is 2.63. The molecular weight excluding hydrogens is 322 g/mol. The van der Waals surface area contributed by atoms with Crippen LogP contribution in [0.25, 0.3) is 10.2 Å². The van der Waals surface area contributed by atoms with E-state index in [2.05, 4.69) is 10.2 Å². The highest BCUT2D eigenvalue weighted by Gasteiger charge is 2.04. The minimum atomic E-state index is 0.656. The molecule has 0 N–H and O–H groups in total. The number of benzene rings is 2. The molecule has 3 rings (SSSR count). The first-order valence-electron chi connectivity index (χ1n) is 7.65. The van der Waals surface area contributed by atoms with Gasteiger partial charge in [-0.05, 0) is 37.3 Å². The highest BCUT2D eigenvalue weighted by Crippen LogP contribution is 2.22. The molecule has 124 valence electrons. The Labute approximate surface area is 144 Å². The fraction of sp³-hybridized carbons (Fsp3) is 0.222. The van der Waals surface area contributed by atoms with Crippen LogP contribution in [0, 0.1) is 0 Å². The van der Waals surface area contributed by atoms with E-state index < -0.39 is 0 Å². The lowest BCUT2D eigenvalue weighted by atomic mass is 10.2. The highest BCUT2D eigenvalue weighted by molar-refractivity contribution is 7.16. The fourth-order valence-corrected chi connectivity index (χ4v) is 3.39. The van der Waals surface area contributed by atoms with Gasteiger partial charge in [-0.3, -0.25) is 0 Å². The summed E-state index contributed by atoms with van der Waals surface area (Å²) < 4.78 is 14.0. The van der Waals surface area contributed by atoms with Crippen LogP contribution in [0.2, 0.25) is 0 Å².